The van der Waals surface area contributed by atoms with Crippen molar-refractivity contribution in [1.29, 1.82) is 0 Å². The Bertz CT molecular complexity index is 1110. The van der Waals surface area contributed by atoms with E-state index >= 15 is 0 Å². The summed E-state index contributed by atoms with van der Waals surface area (Å²) in [6.45, 7) is 1.90. The first kappa shape index (κ1) is 17.7. The number of hydrogen-bond acceptors (Lipinski definition) is 5. The molecule has 0 spiro atoms. The lowest BCUT2D eigenvalue weighted by atomic mass is 9.97. The van der Waals surface area contributed by atoms with E-state index in [0.717, 1.165) is 33.5 Å². The van der Waals surface area contributed by atoms with Crippen molar-refractivity contribution in [2.45, 2.75) is 12.8 Å². The molecule has 7 heteroatoms. The van der Waals surface area contributed by atoms with Gasteiger partial charge in [-0.2, -0.15) is 0 Å². The Morgan fingerprint density at radius 3 is 2.50 bits per heavy atom. The number of methoxy groups -OCH3 is 1. The number of nitrogens with zero attached hydrogens (tertiary/aromatic N) is 4. The van der Waals surface area contributed by atoms with Crippen molar-refractivity contribution in [3.8, 4) is 11.4 Å². The van der Waals surface area contributed by atoms with E-state index in [9.17, 15) is 4.79 Å². The second kappa shape index (κ2) is 7.48. The summed E-state index contributed by atoms with van der Waals surface area (Å²) >= 11 is 0. The Morgan fingerprint density at radius 1 is 1.04 bits per heavy atom. The number of fused-ring (bicyclic) bond motifs is 1. The summed E-state index contributed by atoms with van der Waals surface area (Å²) in [6, 6.07) is 19.3. The van der Waals surface area contributed by atoms with Crippen LogP contribution in [0.5, 0.6) is 5.75 Å². The summed E-state index contributed by atoms with van der Waals surface area (Å²) in [5, 5.41) is 16.2. The lowest BCUT2D eigenvalue weighted by Gasteiger charge is -2.14. The van der Waals surface area contributed by atoms with Gasteiger partial charge in [0, 0.05) is 5.69 Å². The molecule has 0 saturated carbocycles. The molecule has 0 aliphatic rings. The van der Waals surface area contributed by atoms with Gasteiger partial charge in [0.25, 0.3) is 0 Å². The van der Waals surface area contributed by atoms with Gasteiger partial charge < -0.3 is 10.1 Å². The van der Waals surface area contributed by atoms with E-state index in [1.807, 2.05) is 67.6 Å². The van der Waals surface area contributed by atoms with Gasteiger partial charge in [-0.1, -0.05) is 24.3 Å². The molecular formula is C21H19N5O2. The number of tetrazole rings is 1. The van der Waals surface area contributed by atoms with E-state index in [2.05, 4.69) is 20.8 Å². The minimum absolute atomic E-state index is 0.0666. The van der Waals surface area contributed by atoms with Crippen LogP contribution in [0.1, 0.15) is 18.4 Å². The Hall–Kier alpha value is -3.74. The van der Waals surface area contributed by atoms with Gasteiger partial charge in [0.2, 0.25) is 5.91 Å². The van der Waals surface area contributed by atoms with Crippen molar-refractivity contribution in [1.82, 2.24) is 20.2 Å². The molecule has 1 aromatic heterocycles. The number of nitrogens with one attached hydrogen (secondary N) is 1. The van der Waals surface area contributed by atoms with Crippen LogP contribution in [0, 0.1) is 0 Å². The smallest absolute Gasteiger partial charge is 0.231 e. The number of aromatic nitrogens is 4. The highest BCUT2D eigenvalue weighted by molar-refractivity contribution is 5.96. The maximum atomic E-state index is 12.7. The Morgan fingerprint density at radius 2 is 1.79 bits per heavy atom. The molecule has 140 valence electrons. The second-order valence-electron chi connectivity index (χ2n) is 6.48. The Labute approximate surface area is 161 Å². The monoisotopic (exact) mass is 373 g/mol. The molecule has 0 fully saturated rings. The Kier molecular flexibility index (Phi) is 4.72. The molecule has 28 heavy (non-hydrogen) atoms. The van der Waals surface area contributed by atoms with Gasteiger partial charge >= 0.3 is 0 Å². The summed E-state index contributed by atoms with van der Waals surface area (Å²) in [4.78, 5) is 12.7. The predicted octanol–water partition coefficient (Wildman–Crippen LogP) is 3.57. The molecule has 1 heterocycles. The summed E-state index contributed by atoms with van der Waals surface area (Å²) in [7, 11) is 1.65. The van der Waals surface area contributed by atoms with Crippen LogP contribution in [-0.2, 0) is 4.79 Å². The van der Waals surface area contributed by atoms with Crippen LogP contribution in [0.4, 0.5) is 5.69 Å². The van der Waals surface area contributed by atoms with Gasteiger partial charge in [-0.3, -0.25) is 4.79 Å². The first-order valence-electron chi connectivity index (χ1n) is 8.86. The first-order valence-corrected chi connectivity index (χ1v) is 8.86. The fourth-order valence-corrected chi connectivity index (χ4v) is 3.02. The zero-order chi connectivity index (χ0) is 19.5. The third-order valence-corrected chi connectivity index (χ3v) is 4.71. The van der Waals surface area contributed by atoms with Gasteiger partial charge in [0.15, 0.2) is 0 Å². The maximum absolute atomic E-state index is 12.7. The summed E-state index contributed by atoms with van der Waals surface area (Å²) in [5.74, 6) is 0.463. The number of ether oxygens (including phenoxy) is 1. The van der Waals surface area contributed by atoms with Crippen LogP contribution in [0.3, 0.4) is 0 Å². The van der Waals surface area contributed by atoms with Crippen molar-refractivity contribution in [2.24, 2.45) is 0 Å². The van der Waals surface area contributed by atoms with Crippen LogP contribution in [-0.4, -0.2) is 33.2 Å². The first-order chi connectivity index (χ1) is 13.6. The van der Waals surface area contributed by atoms with Gasteiger partial charge in [-0.15, -0.1) is 5.10 Å². The fourth-order valence-electron chi connectivity index (χ4n) is 3.02. The standard InChI is InChI=1S/C21H19N5O2/c1-14(15-3-4-17-12-20(28-2)10-5-16(17)11-15)21(27)23-18-6-8-19(9-7-18)26-13-22-24-25-26/h3-14H,1-2H3,(H,23,27)/t14-/m1/s1. The molecule has 1 N–H and O–H groups in total. The highest BCUT2D eigenvalue weighted by Crippen LogP contribution is 2.26. The van der Waals surface area contributed by atoms with Gasteiger partial charge in [-0.05, 0) is 70.1 Å². The van der Waals surface area contributed by atoms with Crippen LogP contribution in [0.25, 0.3) is 16.5 Å². The van der Waals surface area contributed by atoms with E-state index < -0.39 is 0 Å². The van der Waals surface area contributed by atoms with Crippen molar-refractivity contribution in [3.63, 3.8) is 0 Å². The molecule has 4 aromatic rings. The molecule has 0 radical (unpaired) electrons. The second-order valence-corrected chi connectivity index (χ2v) is 6.48. The van der Waals surface area contributed by atoms with Crippen molar-refractivity contribution in [3.05, 3.63) is 72.6 Å². The molecule has 1 amide bonds. The average Bonchev–Trinajstić information content (AvgIpc) is 3.28. The van der Waals surface area contributed by atoms with Crippen LogP contribution in [0.2, 0.25) is 0 Å². The number of benzene rings is 3. The molecule has 0 aliphatic carbocycles. The average molecular weight is 373 g/mol. The van der Waals surface area contributed by atoms with Crippen LogP contribution < -0.4 is 10.1 Å². The zero-order valence-electron chi connectivity index (χ0n) is 15.5. The van der Waals surface area contributed by atoms with E-state index in [1.165, 1.54) is 6.33 Å². The minimum Gasteiger partial charge on any atom is -0.497 e. The van der Waals surface area contributed by atoms with Crippen LogP contribution in [0.15, 0.2) is 67.0 Å². The number of hydrogen-bond donors (Lipinski definition) is 1. The molecule has 7 nitrogen and oxygen atoms in total. The number of amides is 1. The SMILES string of the molecule is COc1ccc2cc([C@@H](C)C(=O)Nc3ccc(-n4cnnn4)cc3)ccc2c1. The number of carbonyl (C=O) groups is 1. The maximum Gasteiger partial charge on any atom is 0.231 e. The summed E-state index contributed by atoms with van der Waals surface area (Å²) in [5.41, 5.74) is 2.50. The number of rotatable bonds is 5. The predicted molar refractivity (Wildman–Crippen MR) is 107 cm³/mol. The topological polar surface area (TPSA) is 81.9 Å². The summed E-state index contributed by atoms with van der Waals surface area (Å²) < 4.78 is 6.81. The number of anilines is 1. The van der Waals surface area contributed by atoms with E-state index in [-0.39, 0.29) is 11.8 Å². The quantitative estimate of drug-likeness (QED) is 0.578. The summed E-state index contributed by atoms with van der Waals surface area (Å²) in [6.07, 6.45) is 1.52. The molecule has 0 bridgehead atoms. The van der Waals surface area contributed by atoms with Gasteiger partial charge in [-0.25, -0.2) is 4.68 Å². The Balaban J connectivity index is 1.49. The van der Waals surface area contributed by atoms with Gasteiger partial charge in [0.05, 0.1) is 18.7 Å². The van der Waals surface area contributed by atoms with Gasteiger partial charge in [0.1, 0.15) is 12.1 Å². The van der Waals surface area contributed by atoms with Crippen molar-refractivity contribution in [2.75, 3.05) is 12.4 Å². The van der Waals surface area contributed by atoms with E-state index in [4.69, 9.17) is 4.74 Å². The highest BCUT2D eigenvalue weighted by Gasteiger charge is 2.16. The molecule has 0 unspecified atom stereocenters. The fraction of sp³-hybridized carbons (Fsp3) is 0.143. The van der Waals surface area contributed by atoms with E-state index in [0.29, 0.717) is 0 Å². The van der Waals surface area contributed by atoms with Crippen LogP contribution >= 0.6 is 0 Å². The highest BCUT2D eigenvalue weighted by atomic mass is 16.5. The molecule has 0 saturated heterocycles. The largest absolute Gasteiger partial charge is 0.497 e. The lowest BCUT2D eigenvalue weighted by molar-refractivity contribution is -0.117. The lowest BCUT2D eigenvalue weighted by Crippen LogP contribution is -2.18. The minimum atomic E-state index is -0.286. The molecule has 1 atom stereocenters. The van der Waals surface area contributed by atoms with E-state index in [1.54, 1.807) is 11.8 Å². The number of carbonyl (C=O) groups excluding carboxylic acids is 1. The third kappa shape index (κ3) is 3.55. The molecule has 0 aliphatic heterocycles. The zero-order valence-corrected chi connectivity index (χ0v) is 15.5. The van der Waals surface area contributed by atoms with Crippen molar-refractivity contribution < 1.29 is 9.53 Å². The van der Waals surface area contributed by atoms with Crippen molar-refractivity contribution >= 4 is 22.4 Å². The normalized spacial score (nSPS) is 11.9. The third-order valence-electron chi connectivity index (χ3n) is 4.71. The molecular weight excluding hydrogens is 354 g/mol. The molecule has 4 rings (SSSR count). The molecule has 3 aromatic carbocycles.